The number of aryl methyl sites for hydroxylation is 2. The Morgan fingerprint density at radius 1 is 1.03 bits per heavy atom. The molecule has 1 N–H and O–H groups in total. The average Bonchev–Trinajstić information content (AvgIpc) is 2.90. The topological polar surface area (TPSA) is 82.2 Å². The molecule has 0 spiro atoms. The van der Waals surface area contributed by atoms with Crippen molar-refractivity contribution < 1.29 is 19.1 Å². The molecule has 0 aliphatic carbocycles. The minimum absolute atomic E-state index is 0.0324. The molecule has 0 saturated carbocycles. The molecule has 2 aromatic rings. The van der Waals surface area contributed by atoms with Crippen LogP contribution in [0.4, 0.5) is 4.79 Å². The number of benzene rings is 2. The van der Waals surface area contributed by atoms with Crippen molar-refractivity contribution in [2.75, 3.05) is 45.9 Å². The van der Waals surface area contributed by atoms with Crippen LogP contribution in [-0.2, 0) is 9.53 Å². The Balaban J connectivity index is 1.62. The van der Waals surface area contributed by atoms with E-state index in [0.717, 1.165) is 16.7 Å². The second-order valence-corrected chi connectivity index (χ2v) is 10.1. The number of amides is 3. The summed E-state index contributed by atoms with van der Waals surface area (Å²) in [6.07, 6.45) is 0. The third kappa shape index (κ3) is 5.87. The Morgan fingerprint density at radius 3 is 2.34 bits per heavy atom. The first kappa shape index (κ1) is 27.7. The monoisotopic (exact) mass is 538 g/mol. The van der Waals surface area contributed by atoms with Crippen LogP contribution in [-0.4, -0.2) is 78.5 Å². The van der Waals surface area contributed by atoms with Crippen molar-refractivity contribution in [3.8, 4) is 0 Å². The van der Waals surface area contributed by atoms with Crippen molar-refractivity contribution in [2.24, 2.45) is 0 Å². The summed E-state index contributed by atoms with van der Waals surface area (Å²) >= 11 is 5.97. The van der Waals surface area contributed by atoms with Gasteiger partial charge in [-0.05, 0) is 63.1 Å². The van der Waals surface area contributed by atoms with E-state index in [4.69, 9.17) is 16.3 Å². The number of nitrogens with one attached hydrogen (secondary N) is 1. The van der Waals surface area contributed by atoms with E-state index in [9.17, 15) is 14.4 Å². The molecule has 2 aliphatic rings. The quantitative estimate of drug-likeness (QED) is 0.531. The van der Waals surface area contributed by atoms with Crippen LogP contribution in [0.3, 0.4) is 0 Å². The zero-order chi connectivity index (χ0) is 27.4. The molecule has 9 heteroatoms. The van der Waals surface area contributed by atoms with Crippen molar-refractivity contribution in [3.63, 3.8) is 0 Å². The van der Waals surface area contributed by atoms with Crippen LogP contribution in [0, 0.1) is 13.8 Å². The standard InChI is InChI=1S/C29H35ClN4O4/c1-5-34-24(18-32-13-15-33(16-14-32)27(35)21-9-11-22(30)12-10-21)25(28(36)38-6-2)26(31-29(34)37)23-17-19(3)7-8-20(23)4/h7-12,17,26H,5-6,13-16,18H2,1-4H3,(H,31,37). The number of carbonyl (C=O) groups excluding carboxylic acids is 3. The van der Waals surface area contributed by atoms with E-state index in [1.165, 1.54) is 0 Å². The fourth-order valence-corrected chi connectivity index (χ4v) is 5.18. The van der Waals surface area contributed by atoms with E-state index in [1.54, 1.807) is 36.1 Å². The molecule has 0 aromatic heterocycles. The van der Waals surface area contributed by atoms with Gasteiger partial charge >= 0.3 is 12.0 Å². The molecule has 202 valence electrons. The highest BCUT2D eigenvalue weighted by atomic mass is 35.5. The van der Waals surface area contributed by atoms with E-state index < -0.39 is 12.0 Å². The van der Waals surface area contributed by atoms with Crippen LogP contribution in [0.25, 0.3) is 0 Å². The Kier molecular flexibility index (Phi) is 8.74. The molecule has 1 fully saturated rings. The van der Waals surface area contributed by atoms with Gasteiger partial charge < -0.3 is 15.0 Å². The number of nitrogens with zero attached hydrogens (tertiary/aromatic N) is 3. The molecule has 0 radical (unpaired) electrons. The largest absolute Gasteiger partial charge is 0.463 e. The Labute approximate surface area is 229 Å². The summed E-state index contributed by atoms with van der Waals surface area (Å²) < 4.78 is 5.50. The number of likely N-dealkylation sites (N-methyl/N-ethyl adjacent to an activating group) is 1. The summed E-state index contributed by atoms with van der Waals surface area (Å²) in [6.45, 7) is 11.0. The number of esters is 1. The van der Waals surface area contributed by atoms with Gasteiger partial charge in [-0.3, -0.25) is 14.6 Å². The van der Waals surface area contributed by atoms with Crippen molar-refractivity contribution in [1.29, 1.82) is 0 Å². The fraction of sp³-hybridized carbons (Fsp3) is 0.414. The zero-order valence-corrected chi connectivity index (χ0v) is 23.2. The van der Waals surface area contributed by atoms with Crippen LogP contribution in [0.1, 0.15) is 46.9 Å². The summed E-state index contributed by atoms with van der Waals surface area (Å²) in [5.41, 5.74) is 4.63. The number of ether oxygens (including phenoxy) is 1. The molecule has 0 bridgehead atoms. The summed E-state index contributed by atoms with van der Waals surface area (Å²) in [5.74, 6) is -0.460. The average molecular weight is 539 g/mol. The highest BCUT2D eigenvalue weighted by Gasteiger charge is 2.39. The lowest BCUT2D eigenvalue weighted by molar-refractivity contribution is -0.139. The van der Waals surface area contributed by atoms with Crippen LogP contribution < -0.4 is 5.32 Å². The van der Waals surface area contributed by atoms with Gasteiger partial charge in [0.25, 0.3) is 5.91 Å². The molecule has 4 rings (SSSR count). The maximum Gasteiger partial charge on any atom is 0.338 e. The van der Waals surface area contributed by atoms with E-state index >= 15 is 0 Å². The van der Waals surface area contributed by atoms with Crippen LogP contribution in [0.15, 0.2) is 53.7 Å². The van der Waals surface area contributed by atoms with Gasteiger partial charge in [0.15, 0.2) is 0 Å². The fourth-order valence-electron chi connectivity index (χ4n) is 5.06. The first-order chi connectivity index (χ1) is 18.2. The summed E-state index contributed by atoms with van der Waals surface area (Å²) in [5, 5.41) is 3.64. The van der Waals surface area contributed by atoms with E-state index in [0.29, 0.717) is 61.1 Å². The minimum Gasteiger partial charge on any atom is -0.463 e. The van der Waals surface area contributed by atoms with Gasteiger partial charge in [0.05, 0.1) is 18.2 Å². The first-order valence-corrected chi connectivity index (χ1v) is 13.4. The van der Waals surface area contributed by atoms with Gasteiger partial charge in [-0.2, -0.15) is 0 Å². The maximum absolute atomic E-state index is 13.4. The molecule has 2 aliphatic heterocycles. The van der Waals surface area contributed by atoms with Crippen LogP contribution in [0.5, 0.6) is 0 Å². The predicted molar refractivity (Wildman–Crippen MR) is 147 cm³/mol. The Hall–Kier alpha value is -3.36. The molecule has 1 unspecified atom stereocenters. The number of rotatable bonds is 7. The van der Waals surface area contributed by atoms with E-state index in [-0.39, 0.29) is 18.5 Å². The molecular formula is C29H35ClN4O4. The highest BCUT2D eigenvalue weighted by Crippen LogP contribution is 2.34. The lowest BCUT2D eigenvalue weighted by atomic mass is 9.90. The maximum atomic E-state index is 13.4. The lowest BCUT2D eigenvalue weighted by Gasteiger charge is -2.40. The predicted octanol–water partition coefficient (Wildman–Crippen LogP) is 4.32. The molecule has 2 heterocycles. The number of hydrogen-bond acceptors (Lipinski definition) is 5. The lowest BCUT2D eigenvalue weighted by Crippen LogP contribution is -2.53. The first-order valence-electron chi connectivity index (χ1n) is 13.1. The van der Waals surface area contributed by atoms with E-state index in [2.05, 4.69) is 10.2 Å². The molecule has 1 saturated heterocycles. The second kappa shape index (κ2) is 12.0. The molecule has 3 amide bonds. The van der Waals surface area contributed by atoms with Crippen molar-refractivity contribution in [2.45, 2.75) is 33.7 Å². The number of piperazine rings is 1. The SMILES string of the molecule is CCOC(=O)C1=C(CN2CCN(C(=O)c3ccc(Cl)cc3)CC2)N(CC)C(=O)NC1c1cc(C)ccc1C. The molecule has 1 atom stereocenters. The Morgan fingerprint density at radius 2 is 1.71 bits per heavy atom. The van der Waals surface area contributed by atoms with Gasteiger partial charge in [0, 0.05) is 55.6 Å². The number of halogens is 1. The zero-order valence-electron chi connectivity index (χ0n) is 22.4. The van der Waals surface area contributed by atoms with Gasteiger partial charge in [0.1, 0.15) is 0 Å². The van der Waals surface area contributed by atoms with Crippen LogP contribution in [0.2, 0.25) is 5.02 Å². The summed E-state index contributed by atoms with van der Waals surface area (Å²) in [4.78, 5) is 45.2. The third-order valence-electron chi connectivity index (χ3n) is 7.12. The third-order valence-corrected chi connectivity index (χ3v) is 7.37. The van der Waals surface area contributed by atoms with Gasteiger partial charge in [-0.25, -0.2) is 9.59 Å². The molecular weight excluding hydrogens is 504 g/mol. The van der Waals surface area contributed by atoms with Gasteiger partial charge in [0.2, 0.25) is 0 Å². The van der Waals surface area contributed by atoms with Crippen molar-refractivity contribution in [3.05, 3.63) is 81.0 Å². The summed E-state index contributed by atoms with van der Waals surface area (Å²) in [7, 11) is 0. The van der Waals surface area contributed by atoms with Crippen molar-refractivity contribution >= 4 is 29.5 Å². The second-order valence-electron chi connectivity index (χ2n) is 9.64. The number of carbonyl (C=O) groups is 3. The summed E-state index contributed by atoms with van der Waals surface area (Å²) in [6, 6.07) is 12.1. The molecule has 38 heavy (non-hydrogen) atoms. The van der Waals surface area contributed by atoms with E-state index in [1.807, 2.05) is 43.9 Å². The smallest absolute Gasteiger partial charge is 0.338 e. The van der Waals surface area contributed by atoms with Crippen molar-refractivity contribution in [1.82, 2.24) is 20.0 Å². The normalized spacial score (nSPS) is 18.4. The number of hydrogen-bond donors (Lipinski definition) is 1. The molecule has 8 nitrogen and oxygen atoms in total. The number of urea groups is 1. The Bertz CT molecular complexity index is 1240. The highest BCUT2D eigenvalue weighted by molar-refractivity contribution is 6.30. The molecule has 2 aromatic carbocycles. The minimum atomic E-state index is -0.605. The van der Waals surface area contributed by atoms with Gasteiger partial charge in [-0.1, -0.05) is 35.4 Å². The van der Waals surface area contributed by atoms with Crippen LogP contribution >= 0.6 is 11.6 Å². The van der Waals surface area contributed by atoms with Gasteiger partial charge in [-0.15, -0.1) is 0 Å².